The van der Waals surface area contributed by atoms with Crippen molar-refractivity contribution in [2.75, 3.05) is 26.2 Å². The number of rotatable bonds is 12. The van der Waals surface area contributed by atoms with Crippen molar-refractivity contribution in [1.82, 2.24) is 10.2 Å². The summed E-state index contributed by atoms with van der Waals surface area (Å²) >= 11 is 0. The third kappa shape index (κ3) is 13.7. The molecule has 0 unspecified atom stereocenters. The first kappa shape index (κ1) is 43.4. The number of alkyl halides is 3. The highest BCUT2D eigenvalue weighted by Crippen LogP contribution is 2.44. The van der Waals surface area contributed by atoms with E-state index in [1.54, 1.807) is 32.0 Å². The van der Waals surface area contributed by atoms with Crippen molar-refractivity contribution in [1.29, 1.82) is 5.26 Å². The molecule has 1 heterocycles. The number of aliphatic imine (C=N–C) groups is 1. The van der Waals surface area contributed by atoms with Crippen LogP contribution in [0.15, 0.2) is 65.7 Å². The van der Waals surface area contributed by atoms with Crippen molar-refractivity contribution in [2.45, 2.75) is 104 Å². The van der Waals surface area contributed by atoms with Crippen LogP contribution < -0.4 is 15.8 Å². The zero-order chi connectivity index (χ0) is 40.6. The molecule has 0 bridgehead atoms. The van der Waals surface area contributed by atoms with Gasteiger partial charge in [-0.2, -0.15) is 18.4 Å². The predicted molar refractivity (Wildman–Crippen MR) is 208 cm³/mol. The maximum absolute atomic E-state index is 14.3. The van der Waals surface area contributed by atoms with Crippen LogP contribution in [0.5, 0.6) is 5.75 Å². The van der Waals surface area contributed by atoms with Crippen molar-refractivity contribution in [3.8, 4) is 11.8 Å². The minimum Gasteiger partial charge on any atom is -0.489 e. The van der Waals surface area contributed by atoms with Crippen molar-refractivity contribution in [2.24, 2.45) is 22.6 Å². The largest absolute Gasteiger partial charge is 0.489 e. The number of nitriles is 1. The normalized spacial score (nSPS) is 18.4. The van der Waals surface area contributed by atoms with Crippen LogP contribution in [-0.4, -0.2) is 60.2 Å². The molecule has 0 spiro atoms. The van der Waals surface area contributed by atoms with Gasteiger partial charge in [-0.05, 0) is 146 Å². The van der Waals surface area contributed by atoms with E-state index in [1.165, 1.54) is 11.6 Å². The molecule has 1 aliphatic carbocycles. The van der Waals surface area contributed by atoms with E-state index in [4.69, 9.17) is 25.5 Å². The highest BCUT2D eigenvalue weighted by Gasteiger charge is 2.46. The number of hydrogen-bond donors (Lipinski definition) is 2. The number of ether oxygens (including phenoxy) is 2. The Morgan fingerprint density at radius 1 is 1.04 bits per heavy atom. The van der Waals surface area contributed by atoms with Crippen molar-refractivity contribution >= 4 is 17.3 Å². The van der Waals surface area contributed by atoms with Gasteiger partial charge in [-0.15, -0.1) is 0 Å². The Balaban J connectivity index is 0.000000654. The van der Waals surface area contributed by atoms with Crippen molar-refractivity contribution in [3.05, 3.63) is 94.3 Å². The predicted octanol–water partition coefficient (Wildman–Crippen LogP) is 9.37. The van der Waals surface area contributed by atoms with Crippen LogP contribution in [0.2, 0.25) is 0 Å². The van der Waals surface area contributed by atoms with E-state index in [-0.39, 0.29) is 18.4 Å². The topological polar surface area (TPSA) is 113 Å². The first-order valence-electron chi connectivity index (χ1n) is 18.8. The first-order chi connectivity index (χ1) is 25.7. The number of nitrogens with two attached hydrogens (primary N) is 1. The summed E-state index contributed by atoms with van der Waals surface area (Å²) in [6, 6.07) is 20.0. The lowest BCUT2D eigenvalue weighted by atomic mass is 9.76. The summed E-state index contributed by atoms with van der Waals surface area (Å²) in [5.41, 5.74) is 9.91. The molecule has 0 aromatic heterocycles. The summed E-state index contributed by atoms with van der Waals surface area (Å²) in [5, 5.41) is 11.9. The number of likely N-dealkylation sites (tertiary alicyclic amines) is 1. The quantitative estimate of drug-likeness (QED) is 0.108. The fourth-order valence-corrected chi connectivity index (χ4v) is 6.98. The second kappa shape index (κ2) is 18.5. The highest BCUT2D eigenvalue weighted by atomic mass is 19.4. The maximum atomic E-state index is 14.3. The van der Waals surface area contributed by atoms with Gasteiger partial charge in [-0.25, -0.2) is 4.39 Å². The van der Waals surface area contributed by atoms with Crippen LogP contribution in [-0.2, 0) is 11.3 Å². The Bertz CT molecular complexity index is 1830. The van der Waals surface area contributed by atoms with E-state index in [0.29, 0.717) is 47.7 Å². The second-order valence-electron chi connectivity index (χ2n) is 16.1. The van der Waals surface area contributed by atoms with Gasteiger partial charge in [0.15, 0.2) is 0 Å². The lowest BCUT2D eigenvalue weighted by Crippen LogP contribution is -2.49. The van der Waals surface area contributed by atoms with Gasteiger partial charge in [-0.3, -0.25) is 14.7 Å². The van der Waals surface area contributed by atoms with Crippen LogP contribution in [0.25, 0.3) is 0 Å². The SMILES string of the molecule is CC(CN1CCC(c2cccc(OCc3ccc(C#N)cc3F)c2)CC1)=Nc1ccc(C(=O)NCC(C)(C)OC(C)(C)N)cc1C.CC1CC(C(F)(F)F)C1. The number of piperidine rings is 1. The smallest absolute Gasteiger partial charge is 0.391 e. The molecule has 2 aliphatic rings. The van der Waals surface area contributed by atoms with E-state index in [1.807, 2.05) is 65.0 Å². The molecular formula is C43H55F4N5O3. The zero-order valence-electron chi connectivity index (χ0n) is 33.0. The van der Waals surface area contributed by atoms with E-state index < -0.39 is 29.2 Å². The number of nitrogens with one attached hydrogen (secondary N) is 1. The molecule has 0 atom stereocenters. The Hall–Kier alpha value is -4.31. The first-order valence-corrected chi connectivity index (χ1v) is 18.8. The van der Waals surface area contributed by atoms with Crippen LogP contribution in [0.1, 0.15) is 106 Å². The molecule has 5 rings (SSSR count). The van der Waals surface area contributed by atoms with Gasteiger partial charge in [0.05, 0.1) is 28.8 Å². The monoisotopic (exact) mass is 765 g/mol. The summed E-state index contributed by atoms with van der Waals surface area (Å²) in [6.45, 7) is 16.4. The lowest BCUT2D eigenvalue weighted by molar-refractivity contribution is -0.202. The molecule has 3 N–H and O–H groups in total. The van der Waals surface area contributed by atoms with Gasteiger partial charge in [0, 0.05) is 29.9 Å². The summed E-state index contributed by atoms with van der Waals surface area (Å²) < 4.78 is 61.0. The fraction of sp³-hybridized carbons (Fsp3) is 0.512. The van der Waals surface area contributed by atoms with Crippen LogP contribution in [0.4, 0.5) is 23.2 Å². The minimum absolute atomic E-state index is 0.106. The van der Waals surface area contributed by atoms with E-state index >= 15 is 0 Å². The summed E-state index contributed by atoms with van der Waals surface area (Å²) in [4.78, 5) is 20.1. The second-order valence-corrected chi connectivity index (χ2v) is 16.1. The average molecular weight is 766 g/mol. The molecule has 3 aromatic carbocycles. The Kier molecular flexibility index (Phi) is 14.6. The third-order valence-electron chi connectivity index (χ3n) is 9.77. The number of nitrogens with zero attached hydrogens (tertiary/aromatic N) is 3. The lowest BCUT2D eigenvalue weighted by Gasteiger charge is -2.33. The average Bonchev–Trinajstić information content (AvgIpc) is 3.09. The van der Waals surface area contributed by atoms with E-state index in [0.717, 1.165) is 49.4 Å². The number of carbonyl (C=O) groups excluding carboxylic acids is 1. The molecule has 1 amide bonds. The van der Waals surface area contributed by atoms with Gasteiger partial charge < -0.3 is 20.5 Å². The van der Waals surface area contributed by atoms with E-state index in [2.05, 4.69) is 22.3 Å². The fourth-order valence-electron chi connectivity index (χ4n) is 6.98. The molecule has 2 fully saturated rings. The number of benzene rings is 3. The molecule has 1 saturated heterocycles. The van der Waals surface area contributed by atoms with Crippen LogP contribution in [0, 0.1) is 35.9 Å². The minimum atomic E-state index is -3.92. The number of hydrogen-bond acceptors (Lipinski definition) is 7. The number of amides is 1. The standard InChI is InChI=1S/C37H46FN5O3.C6H9F3/c1-25-18-30(35(44)41-24-36(3,4)46-37(5,6)40)12-13-34(25)42-26(2)22-43-16-14-28(15-17-43)29-8-7-9-32(20-29)45-23-31-11-10-27(21-39)19-33(31)38;1-4-2-5(3-4)6(7,8)9/h7-13,18-20,28H,14-17,22-24,40H2,1-6H3,(H,41,44);4-5H,2-3H2,1H3. The summed E-state index contributed by atoms with van der Waals surface area (Å²) in [6.07, 6.45) is -1.21. The molecule has 1 saturated carbocycles. The molecule has 298 valence electrons. The molecule has 0 radical (unpaired) electrons. The van der Waals surface area contributed by atoms with Gasteiger partial charge in [0.25, 0.3) is 5.91 Å². The third-order valence-corrected chi connectivity index (χ3v) is 9.77. The van der Waals surface area contributed by atoms with Crippen molar-refractivity contribution in [3.63, 3.8) is 0 Å². The van der Waals surface area contributed by atoms with E-state index in [9.17, 15) is 22.4 Å². The van der Waals surface area contributed by atoms with Gasteiger partial charge in [0.1, 0.15) is 23.9 Å². The Labute approximate surface area is 323 Å². The summed E-state index contributed by atoms with van der Waals surface area (Å²) in [5.74, 6) is -0.177. The highest BCUT2D eigenvalue weighted by molar-refractivity contribution is 5.95. The van der Waals surface area contributed by atoms with Crippen LogP contribution >= 0.6 is 0 Å². The zero-order valence-corrected chi connectivity index (χ0v) is 33.0. The molecule has 12 heteroatoms. The van der Waals surface area contributed by atoms with Crippen LogP contribution in [0.3, 0.4) is 0 Å². The number of halogens is 4. The molecular weight excluding hydrogens is 710 g/mol. The molecule has 1 aliphatic heterocycles. The molecule has 8 nitrogen and oxygen atoms in total. The summed E-state index contributed by atoms with van der Waals surface area (Å²) in [7, 11) is 0. The van der Waals surface area contributed by atoms with Crippen molar-refractivity contribution < 1.29 is 31.8 Å². The number of aryl methyl sites for hydroxylation is 1. The number of carbonyl (C=O) groups is 1. The molecule has 55 heavy (non-hydrogen) atoms. The maximum Gasteiger partial charge on any atom is 0.391 e. The van der Waals surface area contributed by atoms with Gasteiger partial charge in [0.2, 0.25) is 0 Å². The van der Waals surface area contributed by atoms with Gasteiger partial charge >= 0.3 is 6.18 Å². The van der Waals surface area contributed by atoms with Gasteiger partial charge in [-0.1, -0.05) is 25.1 Å². The molecule has 3 aromatic rings. The Morgan fingerprint density at radius 3 is 2.29 bits per heavy atom. The Morgan fingerprint density at radius 2 is 1.73 bits per heavy atom.